The molecule has 2 fully saturated rings. The zero-order chi connectivity index (χ0) is 19.9. The number of rotatable bonds is 8. The van der Waals surface area contributed by atoms with Crippen molar-refractivity contribution in [3.63, 3.8) is 0 Å². The number of hydrogen-bond acceptors (Lipinski definition) is 3. The smallest absolute Gasteiger partial charge is 0.226 e. The molecule has 3 rings (SSSR count). The van der Waals surface area contributed by atoms with Crippen LogP contribution >= 0.6 is 0 Å². The highest BCUT2D eigenvalue weighted by molar-refractivity contribution is 5.92. The minimum Gasteiger partial charge on any atom is -0.346 e. The molecule has 1 saturated heterocycles. The summed E-state index contributed by atoms with van der Waals surface area (Å²) < 4.78 is 0. The number of hydrogen-bond donors (Lipinski definition) is 0. The molecule has 5 nitrogen and oxygen atoms in total. The summed E-state index contributed by atoms with van der Waals surface area (Å²) in [6.07, 6.45) is 7.17. The van der Waals surface area contributed by atoms with Crippen LogP contribution in [0.5, 0.6) is 0 Å². The second-order valence-corrected chi connectivity index (χ2v) is 8.00. The largest absolute Gasteiger partial charge is 0.346 e. The Morgan fingerprint density at radius 1 is 1.11 bits per heavy atom. The molecule has 0 spiro atoms. The van der Waals surface area contributed by atoms with Crippen LogP contribution in [0.4, 0.5) is 0 Å². The van der Waals surface area contributed by atoms with Crippen LogP contribution in [0.15, 0.2) is 36.4 Å². The maximum atomic E-state index is 12.7. The third-order valence-electron chi connectivity index (χ3n) is 5.81. The molecule has 1 saturated carbocycles. The minimum absolute atomic E-state index is 0.0822. The third kappa shape index (κ3) is 5.44. The molecule has 0 N–H and O–H groups in total. The molecule has 0 radical (unpaired) electrons. The molecule has 0 aromatic heterocycles. The van der Waals surface area contributed by atoms with Crippen molar-refractivity contribution < 1.29 is 9.59 Å². The molecule has 2 amide bonds. The van der Waals surface area contributed by atoms with E-state index in [4.69, 9.17) is 0 Å². The molecule has 1 aromatic rings. The number of carbonyl (C=O) groups is 2. The zero-order valence-electron chi connectivity index (χ0n) is 17.2. The van der Waals surface area contributed by atoms with Crippen LogP contribution in [0.3, 0.4) is 0 Å². The highest BCUT2D eigenvalue weighted by Crippen LogP contribution is 2.41. The van der Waals surface area contributed by atoms with Gasteiger partial charge in [0, 0.05) is 46.3 Å². The van der Waals surface area contributed by atoms with Gasteiger partial charge in [0.1, 0.15) is 0 Å². The summed E-state index contributed by atoms with van der Waals surface area (Å²) in [6, 6.07) is 10.3. The predicted molar refractivity (Wildman–Crippen MR) is 113 cm³/mol. The Morgan fingerprint density at radius 3 is 2.50 bits per heavy atom. The SMILES string of the molecule is CCCCN(C)C(=O)C1CC1C(=O)N1CCN(C/C=C/c2ccccc2)CC1. The van der Waals surface area contributed by atoms with Gasteiger partial charge in [-0.3, -0.25) is 14.5 Å². The first-order chi connectivity index (χ1) is 13.6. The Kier molecular flexibility index (Phi) is 7.26. The summed E-state index contributed by atoms with van der Waals surface area (Å²) in [7, 11) is 1.86. The van der Waals surface area contributed by atoms with E-state index in [2.05, 4.69) is 36.1 Å². The van der Waals surface area contributed by atoms with Crippen LogP contribution in [0.25, 0.3) is 6.08 Å². The fourth-order valence-electron chi connectivity index (χ4n) is 3.82. The van der Waals surface area contributed by atoms with Crippen molar-refractivity contribution in [2.45, 2.75) is 26.2 Å². The first-order valence-electron chi connectivity index (χ1n) is 10.6. The highest BCUT2D eigenvalue weighted by Gasteiger charge is 2.50. The van der Waals surface area contributed by atoms with E-state index in [1.807, 2.05) is 30.1 Å². The molecular formula is C23H33N3O2. The Hall–Kier alpha value is -2.14. The fraction of sp³-hybridized carbons (Fsp3) is 0.565. The van der Waals surface area contributed by atoms with Crippen molar-refractivity contribution in [3.8, 4) is 0 Å². The molecule has 152 valence electrons. The van der Waals surface area contributed by atoms with E-state index in [-0.39, 0.29) is 23.7 Å². The van der Waals surface area contributed by atoms with E-state index in [0.717, 1.165) is 58.5 Å². The summed E-state index contributed by atoms with van der Waals surface area (Å²) in [5.41, 5.74) is 1.21. The second-order valence-electron chi connectivity index (χ2n) is 8.00. The number of carbonyl (C=O) groups excluding carboxylic acids is 2. The predicted octanol–water partition coefficient (Wildman–Crippen LogP) is 2.74. The first kappa shape index (κ1) is 20.6. The normalized spacial score (nSPS) is 22.4. The molecule has 5 heteroatoms. The number of benzene rings is 1. The second kappa shape index (κ2) is 9.87. The van der Waals surface area contributed by atoms with Crippen molar-refractivity contribution >= 4 is 17.9 Å². The number of piperazine rings is 1. The van der Waals surface area contributed by atoms with Gasteiger partial charge in [-0.05, 0) is 18.4 Å². The average Bonchev–Trinajstić information content (AvgIpc) is 3.53. The van der Waals surface area contributed by atoms with Crippen LogP contribution in [-0.2, 0) is 9.59 Å². The molecule has 28 heavy (non-hydrogen) atoms. The molecule has 2 unspecified atom stereocenters. The Labute approximate surface area is 169 Å². The Bertz CT molecular complexity index is 680. The zero-order valence-corrected chi connectivity index (χ0v) is 17.2. The molecule has 1 aliphatic heterocycles. The molecule has 1 heterocycles. The third-order valence-corrected chi connectivity index (χ3v) is 5.81. The Balaban J connectivity index is 1.39. The highest BCUT2D eigenvalue weighted by atomic mass is 16.2. The summed E-state index contributed by atoms with van der Waals surface area (Å²) in [4.78, 5) is 31.3. The van der Waals surface area contributed by atoms with Crippen LogP contribution in [-0.4, -0.2) is 72.8 Å². The van der Waals surface area contributed by atoms with E-state index < -0.39 is 0 Å². The van der Waals surface area contributed by atoms with Gasteiger partial charge in [0.2, 0.25) is 11.8 Å². The first-order valence-corrected chi connectivity index (χ1v) is 10.6. The summed E-state index contributed by atoms with van der Waals surface area (Å²) in [5.74, 6) is 0.167. The van der Waals surface area contributed by atoms with E-state index in [1.54, 1.807) is 4.90 Å². The summed E-state index contributed by atoms with van der Waals surface area (Å²) in [5, 5.41) is 0. The monoisotopic (exact) mass is 383 g/mol. The molecule has 1 aromatic carbocycles. The quantitative estimate of drug-likeness (QED) is 0.693. The van der Waals surface area contributed by atoms with Crippen molar-refractivity contribution in [1.82, 2.24) is 14.7 Å². The molecule has 0 bridgehead atoms. The van der Waals surface area contributed by atoms with Crippen molar-refractivity contribution in [2.24, 2.45) is 11.8 Å². The summed E-state index contributed by atoms with van der Waals surface area (Å²) in [6.45, 7) is 7.14. The van der Waals surface area contributed by atoms with Gasteiger partial charge < -0.3 is 9.80 Å². The van der Waals surface area contributed by atoms with Gasteiger partial charge in [-0.1, -0.05) is 55.8 Å². The molecular weight excluding hydrogens is 350 g/mol. The van der Waals surface area contributed by atoms with Gasteiger partial charge in [0.25, 0.3) is 0 Å². The number of amides is 2. The topological polar surface area (TPSA) is 43.9 Å². The van der Waals surface area contributed by atoms with Gasteiger partial charge in [0.05, 0.1) is 11.8 Å². The van der Waals surface area contributed by atoms with Crippen molar-refractivity contribution in [2.75, 3.05) is 46.3 Å². The van der Waals surface area contributed by atoms with Crippen LogP contribution in [0.1, 0.15) is 31.7 Å². The molecule has 2 atom stereocenters. The van der Waals surface area contributed by atoms with Crippen LogP contribution in [0.2, 0.25) is 0 Å². The maximum absolute atomic E-state index is 12.7. The molecule has 1 aliphatic carbocycles. The average molecular weight is 384 g/mol. The fourth-order valence-corrected chi connectivity index (χ4v) is 3.82. The van der Waals surface area contributed by atoms with Gasteiger partial charge in [-0.15, -0.1) is 0 Å². The lowest BCUT2D eigenvalue weighted by atomic mass is 10.2. The molecule has 2 aliphatic rings. The number of nitrogens with zero attached hydrogens (tertiary/aromatic N) is 3. The van der Waals surface area contributed by atoms with E-state index in [9.17, 15) is 9.59 Å². The van der Waals surface area contributed by atoms with Gasteiger partial charge in [-0.2, -0.15) is 0 Å². The van der Waals surface area contributed by atoms with E-state index in [0.29, 0.717) is 0 Å². The van der Waals surface area contributed by atoms with Crippen molar-refractivity contribution in [3.05, 3.63) is 42.0 Å². The van der Waals surface area contributed by atoms with E-state index in [1.165, 1.54) is 5.56 Å². The Morgan fingerprint density at radius 2 is 1.82 bits per heavy atom. The lowest BCUT2D eigenvalue weighted by Crippen LogP contribution is -2.49. The standard InChI is InChI=1S/C23H33N3O2/c1-3-4-12-24(2)22(27)20-18-21(20)23(28)26-16-14-25(15-17-26)13-8-11-19-9-6-5-7-10-19/h5-11,20-21H,3-4,12-18H2,1-2H3/b11-8+. The van der Waals surface area contributed by atoms with Crippen molar-refractivity contribution in [1.29, 1.82) is 0 Å². The van der Waals surface area contributed by atoms with Crippen LogP contribution in [0, 0.1) is 11.8 Å². The maximum Gasteiger partial charge on any atom is 0.226 e. The lowest BCUT2D eigenvalue weighted by molar-refractivity contribution is -0.138. The van der Waals surface area contributed by atoms with Crippen LogP contribution < -0.4 is 0 Å². The van der Waals surface area contributed by atoms with Gasteiger partial charge in [0.15, 0.2) is 0 Å². The number of unbranched alkanes of at least 4 members (excludes halogenated alkanes) is 1. The lowest BCUT2D eigenvalue weighted by Gasteiger charge is -2.34. The van der Waals surface area contributed by atoms with E-state index >= 15 is 0 Å². The van der Waals surface area contributed by atoms with Gasteiger partial charge in [-0.25, -0.2) is 0 Å². The minimum atomic E-state index is -0.0823. The van der Waals surface area contributed by atoms with Gasteiger partial charge >= 0.3 is 0 Å². The summed E-state index contributed by atoms with van der Waals surface area (Å²) >= 11 is 0.